The molecule has 1 aliphatic heterocycles. The molecule has 0 N–H and O–H groups in total. The molecule has 0 aromatic heterocycles. The summed E-state index contributed by atoms with van der Waals surface area (Å²) in [4.78, 5) is 14.5. The van der Waals surface area contributed by atoms with Crippen molar-refractivity contribution in [2.24, 2.45) is 0 Å². The molecule has 162 valence electrons. The van der Waals surface area contributed by atoms with Crippen LogP contribution >= 0.6 is 11.6 Å². The number of amides is 1. The van der Waals surface area contributed by atoms with Gasteiger partial charge in [0.05, 0.1) is 16.5 Å². The Labute approximate surface area is 182 Å². The monoisotopic (exact) mass is 452 g/mol. The minimum Gasteiger partial charge on any atom is -0.494 e. The fraction of sp³-hybridized carbons (Fsp3) is 0.381. The van der Waals surface area contributed by atoms with Crippen molar-refractivity contribution in [1.29, 1.82) is 0 Å². The molecule has 0 aliphatic carbocycles. The molecule has 1 saturated heterocycles. The van der Waals surface area contributed by atoms with Crippen molar-refractivity contribution >= 4 is 27.5 Å². The number of halogens is 1. The molecule has 0 bridgehead atoms. The van der Waals surface area contributed by atoms with E-state index in [1.807, 2.05) is 6.92 Å². The quantitative estimate of drug-likeness (QED) is 0.645. The first-order chi connectivity index (χ1) is 14.3. The highest BCUT2D eigenvalue weighted by Crippen LogP contribution is 2.25. The summed E-state index contributed by atoms with van der Waals surface area (Å²) in [6.45, 7) is 5.08. The minimum atomic E-state index is -3.63. The second kappa shape index (κ2) is 9.68. The summed E-state index contributed by atoms with van der Waals surface area (Å²) >= 11 is 6.08. The Hall–Kier alpha value is -2.29. The Morgan fingerprint density at radius 2 is 1.70 bits per heavy atom. The number of hydrogen-bond donors (Lipinski definition) is 0. The van der Waals surface area contributed by atoms with Crippen LogP contribution < -0.4 is 9.47 Å². The Morgan fingerprint density at radius 3 is 2.30 bits per heavy atom. The van der Waals surface area contributed by atoms with Crippen molar-refractivity contribution in [2.75, 3.05) is 32.8 Å². The first-order valence-corrected chi connectivity index (χ1v) is 11.6. The smallest absolute Gasteiger partial charge is 0.263 e. The van der Waals surface area contributed by atoms with Gasteiger partial charge in [0.15, 0.2) is 6.10 Å². The number of benzene rings is 2. The van der Waals surface area contributed by atoms with Gasteiger partial charge in [-0.1, -0.05) is 23.7 Å². The van der Waals surface area contributed by atoms with Gasteiger partial charge in [0.2, 0.25) is 10.0 Å². The lowest BCUT2D eigenvalue weighted by atomic mass is 10.2. The van der Waals surface area contributed by atoms with Crippen molar-refractivity contribution < 1.29 is 22.7 Å². The van der Waals surface area contributed by atoms with Gasteiger partial charge in [-0.05, 0) is 50.2 Å². The molecule has 1 heterocycles. The van der Waals surface area contributed by atoms with E-state index in [2.05, 4.69) is 0 Å². The third-order valence-corrected chi connectivity index (χ3v) is 7.04. The number of rotatable bonds is 7. The highest BCUT2D eigenvalue weighted by molar-refractivity contribution is 7.89. The summed E-state index contributed by atoms with van der Waals surface area (Å²) in [5.41, 5.74) is 0. The molecular formula is C21H25ClN2O5S. The second-order valence-electron chi connectivity index (χ2n) is 6.82. The maximum Gasteiger partial charge on any atom is 0.263 e. The fourth-order valence-corrected chi connectivity index (χ4v) is 4.81. The maximum absolute atomic E-state index is 12.9. The summed E-state index contributed by atoms with van der Waals surface area (Å²) in [5.74, 6) is 0.865. The molecule has 0 radical (unpaired) electrons. The molecule has 1 aliphatic rings. The van der Waals surface area contributed by atoms with Gasteiger partial charge in [-0.3, -0.25) is 4.79 Å². The number of hydrogen-bond acceptors (Lipinski definition) is 5. The van der Waals surface area contributed by atoms with E-state index in [0.717, 1.165) is 0 Å². The molecule has 1 atom stereocenters. The molecule has 0 spiro atoms. The van der Waals surface area contributed by atoms with Crippen molar-refractivity contribution in [1.82, 2.24) is 9.21 Å². The highest BCUT2D eigenvalue weighted by atomic mass is 35.5. The van der Waals surface area contributed by atoms with Crippen molar-refractivity contribution in [2.45, 2.75) is 24.8 Å². The van der Waals surface area contributed by atoms with E-state index in [1.165, 1.54) is 16.4 Å². The molecule has 0 saturated carbocycles. The summed E-state index contributed by atoms with van der Waals surface area (Å²) in [6, 6.07) is 13.3. The van der Waals surface area contributed by atoms with Gasteiger partial charge in [0.1, 0.15) is 11.5 Å². The average molecular weight is 453 g/mol. The summed E-state index contributed by atoms with van der Waals surface area (Å²) < 4.78 is 38.2. The molecule has 2 aromatic rings. The molecule has 3 rings (SSSR count). The van der Waals surface area contributed by atoms with E-state index in [1.54, 1.807) is 48.2 Å². The summed E-state index contributed by atoms with van der Waals surface area (Å²) in [5, 5.41) is 0.434. The lowest BCUT2D eigenvalue weighted by Gasteiger charge is -2.35. The number of para-hydroxylation sites is 1. The molecular weight excluding hydrogens is 428 g/mol. The fourth-order valence-electron chi connectivity index (χ4n) is 3.21. The topological polar surface area (TPSA) is 76.2 Å². The Bertz CT molecular complexity index is 973. The van der Waals surface area contributed by atoms with Gasteiger partial charge in [-0.2, -0.15) is 4.31 Å². The largest absolute Gasteiger partial charge is 0.494 e. The van der Waals surface area contributed by atoms with Crippen LogP contribution in [0.3, 0.4) is 0 Å². The Morgan fingerprint density at radius 1 is 1.07 bits per heavy atom. The molecule has 1 fully saturated rings. The van der Waals surface area contributed by atoms with Gasteiger partial charge < -0.3 is 14.4 Å². The van der Waals surface area contributed by atoms with Gasteiger partial charge in [-0.15, -0.1) is 0 Å². The van der Waals surface area contributed by atoms with Gasteiger partial charge in [-0.25, -0.2) is 8.42 Å². The van der Waals surface area contributed by atoms with E-state index in [9.17, 15) is 13.2 Å². The van der Waals surface area contributed by atoms with Crippen LogP contribution in [0.4, 0.5) is 0 Å². The average Bonchev–Trinajstić information content (AvgIpc) is 2.75. The van der Waals surface area contributed by atoms with Crippen LogP contribution in [-0.4, -0.2) is 62.4 Å². The number of carbonyl (C=O) groups is 1. The van der Waals surface area contributed by atoms with Crippen molar-refractivity contribution in [3.63, 3.8) is 0 Å². The lowest BCUT2D eigenvalue weighted by molar-refractivity contribution is -0.139. The molecule has 1 unspecified atom stereocenters. The molecule has 30 heavy (non-hydrogen) atoms. The third kappa shape index (κ3) is 5.06. The SMILES string of the molecule is CCOc1ccc(S(=O)(=O)N2CCN(C(=O)C(C)Oc3ccccc3Cl)CC2)cc1. The maximum atomic E-state index is 12.9. The summed E-state index contributed by atoms with van der Waals surface area (Å²) in [7, 11) is -3.63. The molecule has 9 heteroatoms. The third-order valence-electron chi connectivity index (χ3n) is 4.81. The van der Waals surface area contributed by atoms with Gasteiger partial charge >= 0.3 is 0 Å². The first-order valence-electron chi connectivity index (χ1n) is 9.76. The normalized spacial score (nSPS) is 16.2. The van der Waals surface area contributed by atoms with E-state index < -0.39 is 16.1 Å². The lowest BCUT2D eigenvalue weighted by Crippen LogP contribution is -2.53. The standard InChI is InChI=1S/C21H25ClN2O5S/c1-3-28-17-8-10-18(11-9-17)30(26,27)24-14-12-23(13-15-24)21(25)16(2)29-20-7-5-4-6-19(20)22/h4-11,16H,3,12-15H2,1-2H3. The van der Waals surface area contributed by atoms with E-state index in [-0.39, 0.29) is 23.9 Å². The van der Waals surface area contributed by atoms with Gasteiger partial charge in [0, 0.05) is 26.2 Å². The van der Waals surface area contributed by atoms with Crippen LogP contribution in [-0.2, 0) is 14.8 Å². The number of carbonyl (C=O) groups excluding carboxylic acids is 1. The van der Waals surface area contributed by atoms with Crippen molar-refractivity contribution in [3.05, 3.63) is 53.6 Å². The van der Waals surface area contributed by atoms with Gasteiger partial charge in [0.25, 0.3) is 5.91 Å². The highest BCUT2D eigenvalue weighted by Gasteiger charge is 2.32. The van der Waals surface area contributed by atoms with Crippen LogP contribution in [0.5, 0.6) is 11.5 Å². The molecule has 2 aromatic carbocycles. The zero-order chi connectivity index (χ0) is 21.7. The van der Waals surface area contributed by atoms with Crippen LogP contribution in [0.25, 0.3) is 0 Å². The number of sulfonamides is 1. The zero-order valence-corrected chi connectivity index (χ0v) is 18.5. The second-order valence-corrected chi connectivity index (χ2v) is 9.17. The van der Waals surface area contributed by atoms with Crippen molar-refractivity contribution in [3.8, 4) is 11.5 Å². The van der Waals surface area contributed by atoms with E-state index in [0.29, 0.717) is 36.2 Å². The summed E-state index contributed by atoms with van der Waals surface area (Å²) in [6.07, 6.45) is -0.723. The predicted molar refractivity (Wildman–Crippen MR) is 114 cm³/mol. The number of nitrogens with zero attached hydrogens (tertiary/aromatic N) is 2. The first kappa shape index (κ1) is 22.4. The van der Waals surface area contributed by atoms with E-state index in [4.69, 9.17) is 21.1 Å². The van der Waals surface area contributed by atoms with Crippen LogP contribution in [0.15, 0.2) is 53.4 Å². The van der Waals surface area contributed by atoms with E-state index >= 15 is 0 Å². The number of piperazine rings is 1. The predicted octanol–water partition coefficient (Wildman–Crippen LogP) is 3.04. The molecule has 1 amide bonds. The van der Waals surface area contributed by atoms with Crippen LogP contribution in [0, 0.1) is 0 Å². The Kier molecular flexibility index (Phi) is 7.23. The minimum absolute atomic E-state index is 0.201. The van der Waals surface area contributed by atoms with Crippen LogP contribution in [0.1, 0.15) is 13.8 Å². The van der Waals surface area contributed by atoms with Crippen LogP contribution in [0.2, 0.25) is 5.02 Å². The Balaban J connectivity index is 1.59. The zero-order valence-electron chi connectivity index (χ0n) is 17.0. The number of ether oxygens (including phenoxy) is 2. The molecule has 7 nitrogen and oxygen atoms in total.